The summed E-state index contributed by atoms with van der Waals surface area (Å²) < 4.78 is 0.989. The van der Waals surface area contributed by atoms with Crippen molar-refractivity contribution in [3.63, 3.8) is 0 Å². The van der Waals surface area contributed by atoms with Gasteiger partial charge in [0.15, 0.2) is 0 Å². The highest BCUT2D eigenvalue weighted by molar-refractivity contribution is 9.10. The number of amides is 1. The van der Waals surface area contributed by atoms with Gasteiger partial charge in [-0.25, -0.2) is 0 Å². The largest absolute Gasteiger partial charge is 0.335 e. The molecule has 1 aromatic rings. The monoisotopic (exact) mass is 312 g/mol. The molecule has 0 aliphatic heterocycles. The molecule has 0 saturated carbocycles. The van der Waals surface area contributed by atoms with Crippen molar-refractivity contribution in [2.24, 2.45) is 0 Å². The molecular formula is C14H21BrN2O. The Balaban J connectivity index is 2.81. The Kier molecular flexibility index (Phi) is 5.82. The molecule has 0 bridgehead atoms. The molecule has 0 radical (unpaired) electrons. The smallest absolute Gasteiger partial charge is 0.254 e. The van der Waals surface area contributed by atoms with Crippen LogP contribution >= 0.6 is 15.9 Å². The Morgan fingerprint density at radius 1 is 1.28 bits per heavy atom. The van der Waals surface area contributed by atoms with Crippen LogP contribution in [0.4, 0.5) is 0 Å². The van der Waals surface area contributed by atoms with Gasteiger partial charge in [0, 0.05) is 29.2 Å². The van der Waals surface area contributed by atoms with Gasteiger partial charge in [0.2, 0.25) is 0 Å². The fourth-order valence-corrected chi connectivity index (χ4v) is 2.31. The molecule has 4 heteroatoms. The average Bonchev–Trinajstić information content (AvgIpc) is 2.29. The molecule has 100 valence electrons. The van der Waals surface area contributed by atoms with Crippen LogP contribution in [-0.4, -0.2) is 48.9 Å². The van der Waals surface area contributed by atoms with E-state index >= 15 is 0 Å². The quantitative estimate of drug-likeness (QED) is 0.834. The van der Waals surface area contributed by atoms with Crippen molar-refractivity contribution in [1.29, 1.82) is 0 Å². The van der Waals surface area contributed by atoms with Crippen molar-refractivity contribution in [2.75, 3.05) is 27.2 Å². The third-order valence-electron chi connectivity index (χ3n) is 2.85. The van der Waals surface area contributed by atoms with Crippen LogP contribution in [0.2, 0.25) is 0 Å². The second kappa shape index (κ2) is 6.90. The van der Waals surface area contributed by atoms with Crippen LogP contribution in [-0.2, 0) is 0 Å². The van der Waals surface area contributed by atoms with Crippen LogP contribution in [0.15, 0.2) is 28.7 Å². The SMILES string of the molecule is CCN(C(=O)c1ccc(Br)cc1)C(C)CN(C)C. The number of hydrogen-bond donors (Lipinski definition) is 0. The van der Waals surface area contributed by atoms with Gasteiger partial charge in [0.25, 0.3) is 5.91 Å². The highest BCUT2D eigenvalue weighted by Gasteiger charge is 2.20. The summed E-state index contributed by atoms with van der Waals surface area (Å²) in [5.41, 5.74) is 0.741. The molecule has 0 N–H and O–H groups in total. The van der Waals surface area contributed by atoms with Crippen molar-refractivity contribution < 1.29 is 4.79 Å². The van der Waals surface area contributed by atoms with E-state index in [0.717, 1.165) is 23.1 Å². The topological polar surface area (TPSA) is 23.6 Å². The fourth-order valence-electron chi connectivity index (χ4n) is 2.04. The number of carbonyl (C=O) groups excluding carboxylic acids is 1. The lowest BCUT2D eigenvalue weighted by molar-refractivity contribution is 0.0679. The van der Waals surface area contributed by atoms with Gasteiger partial charge in [-0.05, 0) is 52.2 Å². The molecule has 1 amide bonds. The molecule has 0 fully saturated rings. The van der Waals surface area contributed by atoms with Gasteiger partial charge < -0.3 is 9.80 Å². The van der Waals surface area contributed by atoms with Crippen LogP contribution in [0.5, 0.6) is 0 Å². The normalized spacial score (nSPS) is 12.6. The van der Waals surface area contributed by atoms with E-state index in [1.165, 1.54) is 0 Å². The average molecular weight is 313 g/mol. The first-order valence-electron chi connectivity index (χ1n) is 6.17. The Morgan fingerprint density at radius 2 is 1.83 bits per heavy atom. The minimum Gasteiger partial charge on any atom is -0.335 e. The first kappa shape index (κ1) is 15.2. The van der Waals surface area contributed by atoms with Gasteiger partial charge in [-0.3, -0.25) is 4.79 Å². The van der Waals surface area contributed by atoms with Gasteiger partial charge in [0.1, 0.15) is 0 Å². The highest BCUT2D eigenvalue weighted by atomic mass is 79.9. The molecule has 1 unspecified atom stereocenters. The summed E-state index contributed by atoms with van der Waals surface area (Å²) in [7, 11) is 4.04. The van der Waals surface area contributed by atoms with E-state index in [2.05, 4.69) is 27.8 Å². The summed E-state index contributed by atoms with van der Waals surface area (Å²) in [6.45, 7) is 5.70. The van der Waals surface area contributed by atoms with E-state index in [0.29, 0.717) is 0 Å². The summed E-state index contributed by atoms with van der Waals surface area (Å²) in [5.74, 6) is 0.0966. The lowest BCUT2D eigenvalue weighted by Gasteiger charge is -2.30. The first-order valence-corrected chi connectivity index (χ1v) is 6.96. The van der Waals surface area contributed by atoms with Crippen molar-refractivity contribution in [3.8, 4) is 0 Å². The van der Waals surface area contributed by atoms with Crippen LogP contribution in [0.1, 0.15) is 24.2 Å². The van der Waals surface area contributed by atoms with E-state index in [9.17, 15) is 4.79 Å². The van der Waals surface area contributed by atoms with Crippen molar-refractivity contribution in [3.05, 3.63) is 34.3 Å². The maximum atomic E-state index is 12.4. The van der Waals surface area contributed by atoms with Gasteiger partial charge in [-0.2, -0.15) is 0 Å². The Bertz CT molecular complexity index is 389. The van der Waals surface area contributed by atoms with E-state index in [4.69, 9.17) is 0 Å². The van der Waals surface area contributed by atoms with Crippen LogP contribution < -0.4 is 0 Å². The summed E-state index contributed by atoms with van der Waals surface area (Å²) in [6, 6.07) is 7.73. The molecule has 0 saturated heterocycles. The summed E-state index contributed by atoms with van der Waals surface area (Å²) in [6.07, 6.45) is 0. The van der Waals surface area contributed by atoms with Gasteiger partial charge in [0.05, 0.1) is 0 Å². The zero-order valence-corrected chi connectivity index (χ0v) is 13.1. The molecular weight excluding hydrogens is 292 g/mol. The van der Waals surface area contributed by atoms with E-state index < -0.39 is 0 Å². The lowest BCUT2D eigenvalue weighted by Crippen LogP contribution is -2.43. The fraction of sp³-hybridized carbons (Fsp3) is 0.500. The number of hydrogen-bond acceptors (Lipinski definition) is 2. The van der Waals surface area contributed by atoms with Gasteiger partial charge in [-0.15, -0.1) is 0 Å². The Labute approximate surface area is 118 Å². The molecule has 1 aromatic carbocycles. The highest BCUT2D eigenvalue weighted by Crippen LogP contribution is 2.14. The Hall–Kier alpha value is -0.870. The van der Waals surface area contributed by atoms with Gasteiger partial charge >= 0.3 is 0 Å². The second-order valence-corrected chi connectivity index (χ2v) is 5.63. The number of nitrogens with zero attached hydrogens (tertiary/aromatic N) is 2. The van der Waals surface area contributed by atoms with E-state index in [-0.39, 0.29) is 11.9 Å². The van der Waals surface area contributed by atoms with Crippen molar-refractivity contribution >= 4 is 21.8 Å². The molecule has 1 atom stereocenters. The maximum absolute atomic E-state index is 12.4. The Morgan fingerprint density at radius 3 is 2.28 bits per heavy atom. The lowest BCUT2D eigenvalue weighted by atomic mass is 10.1. The third kappa shape index (κ3) is 4.10. The first-order chi connectivity index (χ1) is 8.45. The van der Waals surface area contributed by atoms with Crippen LogP contribution in [0, 0.1) is 0 Å². The van der Waals surface area contributed by atoms with Gasteiger partial charge in [-0.1, -0.05) is 15.9 Å². The molecule has 0 aromatic heterocycles. The predicted molar refractivity (Wildman–Crippen MR) is 78.9 cm³/mol. The number of carbonyl (C=O) groups is 1. The standard InChI is InChI=1S/C14H21BrN2O/c1-5-17(11(2)10-16(3)4)14(18)12-6-8-13(15)9-7-12/h6-9,11H,5,10H2,1-4H3. The molecule has 18 heavy (non-hydrogen) atoms. The number of rotatable bonds is 5. The minimum atomic E-state index is 0.0966. The molecule has 0 heterocycles. The maximum Gasteiger partial charge on any atom is 0.254 e. The number of benzene rings is 1. The van der Waals surface area contributed by atoms with Crippen molar-refractivity contribution in [2.45, 2.75) is 19.9 Å². The van der Waals surface area contributed by atoms with E-state index in [1.807, 2.05) is 50.2 Å². The summed E-state index contributed by atoms with van der Waals surface area (Å²) in [4.78, 5) is 16.4. The molecule has 3 nitrogen and oxygen atoms in total. The zero-order valence-electron chi connectivity index (χ0n) is 11.5. The molecule has 0 aliphatic carbocycles. The third-order valence-corrected chi connectivity index (χ3v) is 3.38. The number of halogens is 1. The molecule has 1 rings (SSSR count). The second-order valence-electron chi connectivity index (χ2n) is 4.71. The predicted octanol–water partition coefficient (Wildman–Crippen LogP) is 2.86. The summed E-state index contributed by atoms with van der Waals surface area (Å²) in [5, 5.41) is 0. The summed E-state index contributed by atoms with van der Waals surface area (Å²) >= 11 is 3.38. The minimum absolute atomic E-state index is 0.0966. The van der Waals surface area contributed by atoms with Crippen molar-refractivity contribution in [1.82, 2.24) is 9.80 Å². The van der Waals surface area contributed by atoms with Crippen LogP contribution in [0.3, 0.4) is 0 Å². The van der Waals surface area contributed by atoms with E-state index in [1.54, 1.807) is 0 Å². The number of likely N-dealkylation sites (N-methyl/N-ethyl adjacent to an activating group) is 2. The molecule has 0 aliphatic rings. The zero-order chi connectivity index (χ0) is 13.7. The molecule has 0 spiro atoms. The van der Waals surface area contributed by atoms with Crippen LogP contribution in [0.25, 0.3) is 0 Å².